The summed E-state index contributed by atoms with van der Waals surface area (Å²) in [5.41, 5.74) is 2.08. The topological polar surface area (TPSA) is 37.4 Å². The van der Waals surface area contributed by atoms with E-state index in [2.05, 4.69) is 0 Å². The maximum Gasteiger partial charge on any atom is 0.300 e. The number of para-hydroxylation sites is 1. The van der Waals surface area contributed by atoms with Crippen molar-refractivity contribution in [1.29, 1.82) is 0 Å². The van der Waals surface area contributed by atoms with Gasteiger partial charge in [-0.15, -0.1) is 0 Å². The second kappa shape index (κ2) is 4.76. The van der Waals surface area contributed by atoms with Gasteiger partial charge in [0.25, 0.3) is 11.7 Å². The molecule has 0 saturated heterocycles. The molecule has 0 aromatic heterocycles. The summed E-state index contributed by atoms with van der Waals surface area (Å²) in [4.78, 5) is 25.7. The number of Topliss-reactive ketones (excluding diaryl/α,β-unsaturated/α-hetero) is 1. The number of benzene rings is 2. The van der Waals surface area contributed by atoms with Gasteiger partial charge in [-0.05, 0) is 36.8 Å². The number of nitrogens with zero attached hydrogens (tertiary/aromatic N) is 1. The lowest BCUT2D eigenvalue weighted by Gasteiger charge is -2.25. The van der Waals surface area contributed by atoms with E-state index in [0.29, 0.717) is 16.3 Å². The van der Waals surface area contributed by atoms with Gasteiger partial charge in [-0.3, -0.25) is 14.5 Å². The van der Waals surface area contributed by atoms with E-state index in [9.17, 15) is 9.59 Å². The summed E-state index contributed by atoms with van der Waals surface area (Å²) in [5.74, 6) is -0.921. The minimum atomic E-state index is -0.478. The van der Waals surface area contributed by atoms with Crippen LogP contribution < -0.4 is 4.90 Å². The van der Waals surface area contributed by atoms with Crippen molar-refractivity contribution in [3.63, 3.8) is 0 Å². The Hall–Kier alpha value is -2.13. The zero-order valence-electron chi connectivity index (χ0n) is 10.8. The molecule has 0 fully saturated rings. The minimum Gasteiger partial charge on any atom is -0.298 e. The van der Waals surface area contributed by atoms with Crippen LogP contribution in [0.1, 0.15) is 28.9 Å². The molecule has 4 heteroatoms. The first-order valence-electron chi connectivity index (χ1n) is 6.32. The summed E-state index contributed by atoms with van der Waals surface area (Å²) in [6.07, 6.45) is 0. The second-order valence-corrected chi connectivity index (χ2v) is 5.19. The molecule has 2 aromatic carbocycles. The van der Waals surface area contributed by atoms with Gasteiger partial charge in [-0.2, -0.15) is 0 Å². The zero-order valence-corrected chi connectivity index (χ0v) is 11.6. The average molecular weight is 286 g/mol. The lowest BCUT2D eigenvalue weighted by molar-refractivity contribution is -0.114. The molecule has 0 aliphatic carbocycles. The molecule has 0 spiro atoms. The van der Waals surface area contributed by atoms with Gasteiger partial charge in [0.2, 0.25) is 0 Å². The van der Waals surface area contributed by atoms with Crippen molar-refractivity contribution in [2.45, 2.75) is 13.0 Å². The molecule has 1 amide bonds. The van der Waals surface area contributed by atoms with E-state index in [1.54, 1.807) is 35.2 Å². The number of hydrogen-bond donors (Lipinski definition) is 0. The average Bonchev–Trinajstić information content (AvgIpc) is 2.72. The number of anilines is 1. The van der Waals surface area contributed by atoms with Gasteiger partial charge in [-0.25, -0.2) is 0 Å². The van der Waals surface area contributed by atoms with Crippen LogP contribution in [0.25, 0.3) is 0 Å². The molecular formula is C16H12ClNO2. The number of fused-ring (bicyclic) bond motifs is 1. The number of rotatable bonds is 2. The first-order chi connectivity index (χ1) is 9.59. The fraction of sp³-hybridized carbons (Fsp3) is 0.125. The maximum absolute atomic E-state index is 12.2. The molecule has 3 nitrogen and oxygen atoms in total. The van der Waals surface area contributed by atoms with Gasteiger partial charge in [0.15, 0.2) is 0 Å². The molecule has 1 aliphatic heterocycles. The summed E-state index contributed by atoms with van der Waals surface area (Å²) < 4.78 is 0. The molecule has 3 rings (SSSR count). The number of hydrogen-bond acceptors (Lipinski definition) is 2. The Morgan fingerprint density at radius 2 is 1.65 bits per heavy atom. The van der Waals surface area contributed by atoms with Gasteiger partial charge in [0.1, 0.15) is 0 Å². The highest BCUT2D eigenvalue weighted by Gasteiger charge is 2.38. The van der Waals surface area contributed by atoms with Crippen LogP contribution in [0.5, 0.6) is 0 Å². The lowest BCUT2D eigenvalue weighted by Crippen LogP contribution is -2.32. The Balaban J connectivity index is 2.04. The summed E-state index contributed by atoms with van der Waals surface area (Å²) >= 11 is 5.87. The molecule has 2 aromatic rings. The van der Waals surface area contributed by atoms with Gasteiger partial charge in [-0.1, -0.05) is 35.9 Å². The SMILES string of the molecule is CC(c1ccc(Cl)cc1)N1C(=O)C(=O)c2ccccc21. The molecular weight excluding hydrogens is 274 g/mol. The van der Waals surface area contributed by atoms with Crippen molar-refractivity contribution in [3.8, 4) is 0 Å². The van der Waals surface area contributed by atoms with E-state index in [-0.39, 0.29) is 6.04 Å². The molecule has 0 saturated carbocycles. The number of halogens is 1. The summed E-state index contributed by atoms with van der Waals surface area (Å²) in [6, 6.07) is 14.1. The van der Waals surface area contributed by atoms with Crippen molar-refractivity contribution in [1.82, 2.24) is 0 Å². The Bertz CT molecular complexity index is 694. The highest BCUT2D eigenvalue weighted by molar-refractivity contribution is 6.52. The predicted octanol–water partition coefficient (Wildman–Crippen LogP) is 3.63. The van der Waals surface area contributed by atoms with E-state index in [1.807, 2.05) is 25.1 Å². The fourth-order valence-corrected chi connectivity index (χ4v) is 2.61. The Labute approximate surface area is 121 Å². The normalized spacial score (nSPS) is 15.4. The number of carbonyl (C=O) groups excluding carboxylic acids is 2. The molecule has 1 unspecified atom stereocenters. The lowest BCUT2D eigenvalue weighted by atomic mass is 10.1. The van der Waals surface area contributed by atoms with E-state index >= 15 is 0 Å². The van der Waals surface area contributed by atoms with Crippen LogP contribution in [0.15, 0.2) is 48.5 Å². The Morgan fingerprint density at radius 1 is 1.00 bits per heavy atom. The van der Waals surface area contributed by atoms with Crippen LogP contribution in [0.3, 0.4) is 0 Å². The zero-order chi connectivity index (χ0) is 14.3. The minimum absolute atomic E-state index is 0.215. The predicted molar refractivity (Wildman–Crippen MR) is 78.1 cm³/mol. The summed E-state index contributed by atoms with van der Waals surface area (Å²) in [6.45, 7) is 1.90. The molecule has 0 bridgehead atoms. The van der Waals surface area contributed by atoms with Crippen molar-refractivity contribution < 1.29 is 9.59 Å². The first kappa shape index (κ1) is 12.9. The second-order valence-electron chi connectivity index (χ2n) is 4.75. The van der Waals surface area contributed by atoms with Gasteiger partial charge >= 0.3 is 0 Å². The van der Waals surface area contributed by atoms with Crippen molar-refractivity contribution in [2.75, 3.05) is 4.90 Å². The molecule has 1 heterocycles. The van der Waals surface area contributed by atoms with Crippen LogP contribution in [-0.4, -0.2) is 11.7 Å². The number of amides is 1. The van der Waals surface area contributed by atoms with Gasteiger partial charge < -0.3 is 0 Å². The Morgan fingerprint density at radius 3 is 2.35 bits per heavy atom. The smallest absolute Gasteiger partial charge is 0.298 e. The van der Waals surface area contributed by atoms with Crippen molar-refractivity contribution >= 4 is 29.0 Å². The molecule has 0 N–H and O–H groups in total. The third-order valence-corrected chi connectivity index (χ3v) is 3.81. The van der Waals surface area contributed by atoms with Crippen LogP contribution in [0.2, 0.25) is 5.02 Å². The maximum atomic E-state index is 12.2. The largest absolute Gasteiger partial charge is 0.300 e. The van der Waals surface area contributed by atoms with Gasteiger partial charge in [0, 0.05) is 5.02 Å². The van der Waals surface area contributed by atoms with Crippen LogP contribution in [0, 0.1) is 0 Å². The first-order valence-corrected chi connectivity index (χ1v) is 6.70. The molecule has 100 valence electrons. The van der Waals surface area contributed by atoms with Crippen LogP contribution in [-0.2, 0) is 4.79 Å². The monoisotopic (exact) mass is 285 g/mol. The third-order valence-electron chi connectivity index (χ3n) is 3.56. The van der Waals surface area contributed by atoms with E-state index in [1.165, 1.54) is 0 Å². The summed E-state index contributed by atoms with van der Waals surface area (Å²) in [7, 11) is 0. The van der Waals surface area contributed by atoms with Crippen molar-refractivity contribution in [3.05, 3.63) is 64.7 Å². The number of ketones is 1. The molecule has 1 aliphatic rings. The third kappa shape index (κ3) is 1.91. The van der Waals surface area contributed by atoms with Crippen LogP contribution in [0.4, 0.5) is 5.69 Å². The molecule has 20 heavy (non-hydrogen) atoms. The van der Waals surface area contributed by atoms with Crippen LogP contribution >= 0.6 is 11.6 Å². The van der Waals surface area contributed by atoms with E-state index in [0.717, 1.165) is 5.56 Å². The highest BCUT2D eigenvalue weighted by atomic mass is 35.5. The fourth-order valence-electron chi connectivity index (χ4n) is 2.48. The van der Waals surface area contributed by atoms with E-state index < -0.39 is 11.7 Å². The van der Waals surface area contributed by atoms with Gasteiger partial charge in [0.05, 0.1) is 17.3 Å². The highest BCUT2D eigenvalue weighted by Crippen LogP contribution is 2.35. The van der Waals surface area contributed by atoms with Crippen molar-refractivity contribution in [2.24, 2.45) is 0 Å². The van der Waals surface area contributed by atoms with E-state index in [4.69, 9.17) is 11.6 Å². The summed E-state index contributed by atoms with van der Waals surface area (Å²) in [5, 5.41) is 0.644. The molecule has 1 atom stereocenters. The Kier molecular flexibility index (Phi) is 3.07. The standard InChI is InChI=1S/C16H12ClNO2/c1-10(11-6-8-12(17)9-7-11)18-14-5-3-2-4-13(14)15(19)16(18)20/h2-10H,1H3. The molecule has 0 radical (unpaired) electrons. The quantitative estimate of drug-likeness (QED) is 0.790. The number of carbonyl (C=O) groups is 2.